The van der Waals surface area contributed by atoms with Crippen molar-refractivity contribution >= 4 is 5.97 Å². The van der Waals surface area contributed by atoms with E-state index >= 15 is 0 Å². The number of nitrogens with zero attached hydrogens (tertiary/aromatic N) is 1. The summed E-state index contributed by atoms with van der Waals surface area (Å²) in [6.07, 6.45) is 3.18. The lowest BCUT2D eigenvalue weighted by atomic mass is 9.89. The highest BCUT2D eigenvalue weighted by Crippen LogP contribution is 2.20. The van der Waals surface area contributed by atoms with Gasteiger partial charge in [0.1, 0.15) is 6.04 Å². The Morgan fingerprint density at radius 3 is 2.53 bits per heavy atom. The Labute approximate surface area is 91.6 Å². The predicted molar refractivity (Wildman–Crippen MR) is 59.9 cm³/mol. The molecular weight excluding hydrogens is 192 g/mol. The number of carbonyl (C=O) groups is 1. The van der Waals surface area contributed by atoms with Crippen LogP contribution in [0.3, 0.4) is 0 Å². The van der Waals surface area contributed by atoms with Crippen molar-refractivity contribution in [3.8, 4) is 0 Å². The lowest BCUT2D eigenvalue weighted by Crippen LogP contribution is -2.46. The van der Waals surface area contributed by atoms with Gasteiger partial charge in [0.25, 0.3) is 0 Å². The maximum atomic E-state index is 11.0. The third-order valence-electron chi connectivity index (χ3n) is 3.22. The first-order chi connectivity index (χ1) is 7.19. The predicted octanol–water partition coefficient (Wildman–Crippen LogP) is 0.781. The molecule has 1 heterocycles. The van der Waals surface area contributed by atoms with E-state index in [4.69, 9.17) is 5.11 Å². The lowest BCUT2D eigenvalue weighted by molar-refractivity contribution is -0.141. The molecule has 1 saturated heterocycles. The van der Waals surface area contributed by atoms with E-state index in [1.54, 1.807) is 7.05 Å². The summed E-state index contributed by atoms with van der Waals surface area (Å²) in [5, 5.41) is 11.9. The van der Waals surface area contributed by atoms with E-state index in [1.165, 1.54) is 6.42 Å². The first kappa shape index (κ1) is 12.5. The van der Waals surface area contributed by atoms with Gasteiger partial charge in [-0.2, -0.15) is 0 Å². The average Bonchev–Trinajstić information content (AvgIpc) is 2.21. The standard InChI is InChI=1S/C11H22N2O2/c1-3-6-13-7-4-9(5-8-13)10(12-2)11(14)15/h9-10,12H,3-8H2,1-2H3,(H,14,15). The van der Waals surface area contributed by atoms with Crippen molar-refractivity contribution in [1.29, 1.82) is 0 Å². The van der Waals surface area contributed by atoms with Crippen molar-refractivity contribution in [3.63, 3.8) is 0 Å². The van der Waals surface area contributed by atoms with Crippen LogP contribution in [0.1, 0.15) is 26.2 Å². The van der Waals surface area contributed by atoms with Gasteiger partial charge in [-0.05, 0) is 51.9 Å². The van der Waals surface area contributed by atoms with Crippen LogP contribution in [0.2, 0.25) is 0 Å². The zero-order valence-electron chi connectivity index (χ0n) is 9.70. The Balaban J connectivity index is 2.38. The van der Waals surface area contributed by atoms with Crippen LogP contribution >= 0.6 is 0 Å². The molecule has 1 aliphatic rings. The van der Waals surface area contributed by atoms with Gasteiger partial charge >= 0.3 is 5.97 Å². The molecule has 0 spiro atoms. The molecule has 1 unspecified atom stereocenters. The quantitative estimate of drug-likeness (QED) is 0.710. The molecule has 0 saturated carbocycles. The first-order valence-electron chi connectivity index (χ1n) is 5.81. The Morgan fingerprint density at radius 1 is 1.53 bits per heavy atom. The summed E-state index contributed by atoms with van der Waals surface area (Å²) in [6, 6.07) is -0.367. The molecule has 1 rings (SSSR count). The number of likely N-dealkylation sites (tertiary alicyclic amines) is 1. The Hall–Kier alpha value is -0.610. The van der Waals surface area contributed by atoms with Crippen LogP contribution in [0, 0.1) is 5.92 Å². The SMILES string of the molecule is CCCN1CCC(C(NC)C(=O)O)CC1. The number of carboxylic acid groups (broad SMARTS) is 1. The van der Waals surface area contributed by atoms with Gasteiger partial charge in [-0.25, -0.2) is 0 Å². The fourth-order valence-corrected chi connectivity index (χ4v) is 2.39. The molecule has 88 valence electrons. The van der Waals surface area contributed by atoms with Crippen molar-refractivity contribution in [3.05, 3.63) is 0 Å². The number of likely N-dealkylation sites (N-methyl/N-ethyl adjacent to an activating group) is 1. The summed E-state index contributed by atoms with van der Waals surface area (Å²) in [5.41, 5.74) is 0. The van der Waals surface area contributed by atoms with Crippen LogP contribution in [0.4, 0.5) is 0 Å². The van der Waals surface area contributed by atoms with Crippen LogP contribution in [0.25, 0.3) is 0 Å². The monoisotopic (exact) mass is 214 g/mol. The minimum Gasteiger partial charge on any atom is -0.480 e. The molecule has 0 aromatic heterocycles. The fraction of sp³-hybridized carbons (Fsp3) is 0.909. The van der Waals surface area contributed by atoms with Crippen LogP contribution in [-0.4, -0.2) is 48.7 Å². The normalized spacial score (nSPS) is 21.5. The number of piperidine rings is 1. The van der Waals surface area contributed by atoms with Gasteiger partial charge in [-0.15, -0.1) is 0 Å². The minimum atomic E-state index is -0.716. The molecule has 15 heavy (non-hydrogen) atoms. The summed E-state index contributed by atoms with van der Waals surface area (Å²) in [5.74, 6) is -0.424. The molecule has 1 aliphatic heterocycles. The molecule has 1 fully saturated rings. The molecule has 0 aromatic rings. The number of carboxylic acids is 1. The van der Waals surface area contributed by atoms with E-state index in [0.717, 1.165) is 32.5 Å². The molecule has 4 heteroatoms. The Morgan fingerprint density at radius 2 is 2.13 bits per heavy atom. The molecule has 2 N–H and O–H groups in total. The van der Waals surface area contributed by atoms with Gasteiger partial charge in [-0.3, -0.25) is 4.79 Å². The summed E-state index contributed by atoms with van der Waals surface area (Å²) < 4.78 is 0. The van der Waals surface area contributed by atoms with Gasteiger partial charge in [-0.1, -0.05) is 6.92 Å². The molecule has 0 radical (unpaired) electrons. The number of nitrogens with one attached hydrogen (secondary N) is 1. The highest BCUT2D eigenvalue weighted by molar-refractivity contribution is 5.73. The molecule has 0 amide bonds. The molecule has 0 aliphatic carbocycles. The largest absolute Gasteiger partial charge is 0.480 e. The van der Waals surface area contributed by atoms with Gasteiger partial charge in [0.2, 0.25) is 0 Å². The second kappa shape index (κ2) is 6.08. The fourth-order valence-electron chi connectivity index (χ4n) is 2.39. The van der Waals surface area contributed by atoms with E-state index in [2.05, 4.69) is 17.1 Å². The van der Waals surface area contributed by atoms with E-state index in [9.17, 15) is 4.79 Å². The number of hydrogen-bond acceptors (Lipinski definition) is 3. The minimum absolute atomic E-state index is 0.292. The van der Waals surface area contributed by atoms with Crippen LogP contribution < -0.4 is 5.32 Å². The van der Waals surface area contributed by atoms with E-state index in [0.29, 0.717) is 5.92 Å². The Kier molecular flexibility index (Phi) is 5.05. The van der Waals surface area contributed by atoms with Crippen LogP contribution in [-0.2, 0) is 4.79 Å². The summed E-state index contributed by atoms with van der Waals surface area (Å²) >= 11 is 0. The summed E-state index contributed by atoms with van der Waals surface area (Å²) in [4.78, 5) is 13.4. The smallest absolute Gasteiger partial charge is 0.320 e. The zero-order chi connectivity index (χ0) is 11.3. The number of hydrogen-bond donors (Lipinski definition) is 2. The number of aliphatic carboxylic acids is 1. The van der Waals surface area contributed by atoms with Gasteiger partial charge < -0.3 is 15.3 Å². The molecule has 1 atom stereocenters. The summed E-state index contributed by atoms with van der Waals surface area (Å²) in [6.45, 7) is 5.41. The topological polar surface area (TPSA) is 52.6 Å². The van der Waals surface area contributed by atoms with Gasteiger partial charge in [0.15, 0.2) is 0 Å². The molecule has 0 aromatic carbocycles. The lowest BCUT2D eigenvalue weighted by Gasteiger charge is -2.34. The second-order valence-corrected chi connectivity index (χ2v) is 4.28. The van der Waals surface area contributed by atoms with Crippen molar-refractivity contribution in [2.75, 3.05) is 26.7 Å². The van der Waals surface area contributed by atoms with Crippen LogP contribution in [0.15, 0.2) is 0 Å². The number of rotatable bonds is 5. The second-order valence-electron chi connectivity index (χ2n) is 4.28. The van der Waals surface area contributed by atoms with Crippen LogP contribution in [0.5, 0.6) is 0 Å². The van der Waals surface area contributed by atoms with Crippen molar-refractivity contribution < 1.29 is 9.90 Å². The zero-order valence-corrected chi connectivity index (χ0v) is 9.70. The molecule has 4 nitrogen and oxygen atoms in total. The van der Waals surface area contributed by atoms with Crippen molar-refractivity contribution in [2.24, 2.45) is 5.92 Å². The van der Waals surface area contributed by atoms with E-state index < -0.39 is 5.97 Å². The highest BCUT2D eigenvalue weighted by atomic mass is 16.4. The maximum Gasteiger partial charge on any atom is 0.320 e. The third kappa shape index (κ3) is 3.47. The average molecular weight is 214 g/mol. The van der Waals surface area contributed by atoms with Gasteiger partial charge in [0, 0.05) is 0 Å². The van der Waals surface area contributed by atoms with Crippen molar-refractivity contribution in [2.45, 2.75) is 32.2 Å². The van der Waals surface area contributed by atoms with E-state index in [-0.39, 0.29) is 6.04 Å². The molecular formula is C11H22N2O2. The van der Waals surface area contributed by atoms with E-state index in [1.807, 2.05) is 0 Å². The summed E-state index contributed by atoms with van der Waals surface area (Å²) in [7, 11) is 1.73. The Bertz CT molecular complexity index is 201. The van der Waals surface area contributed by atoms with Crippen molar-refractivity contribution in [1.82, 2.24) is 10.2 Å². The third-order valence-corrected chi connectivity index (χ3v) is 3.22. The maximum absolute atomic E-state index is 11.0. The molecule has 0 bridgehead atoms. The first-order valence-corrected chi connectivity index (χ1v) is 5.81. The van der Waals surface area contributed by atoms with Gasteiger partial charge in [0.05, 0.1) is 0 Å². The highest BCUT2D eigenvalue weighted by Gasteiger charge is 2.29.